The number of hydrogen-bond donors (Lipinski definition) is 0. The molecule has 4 nitrogen and oxygen atoms in total. The molecule has 0 N–H and O–H groups in total. The van der Waals surface area contributed by atoms with Crippen molar-refractivity contribution in [1.29, 1.82) is 0 Å². The molecule has 86 valence electrons. The van der Waals surface area contributed by atoms with Gasteiger partial charge in [-0.2, -0.15) is 0 Å². The zero-order chi connectivity index (χ0) is 11.0. The van der Waals surface area contributed by atoms with E-state index in [4.69, 9.17) is 14.2 Å². The van der Waals surface area contributed by atoms with E-state index in [1.54, 1.807) is 0 Å². The number of benzene rings is 1. The van der Waals surface area contributed by atoms with E-state index in [2.05, 4.69) is 11.9 Å². The summed E-state index contributed by atoms with van der Waals surface area (Å²) in [6.07, 6.45) is -0.248. The molecular formula is C12H15NO3. The number of likely N-dealkylation sites (N-methyl/N-ethyl adjacent to an activating group) is 1. The third-order valence-electron chi connectivity index (χ3n) is 3.09. The maximum absolute atomic E-state index is 5.77. The SMILES string of the molecule is CN1CCOCC1C1Oc2ccccc2O1. The lowest BCUT2D eigenvalue weighted by molar-refractivity contribution is -0.0908. The van der Waals surface area contributed by atoms with E-state index in [9.17, 15) is 0 Å². The minimum absolute atomic E-state index is 0.168. The second-order valence-corrected chi connectivity index (χ2v) is 4.17. The van der Waals surface area contributed by atoms with Gasteiger partial charge in [0.15, 0.2) is 11.5 Å². The second kappa shape index (κ2) is 3.96. The zero-order valence-electron chi connectivity index (χ0n) is 9.26. The van der Waals surface area contributed by atoms with Crippen molar-refractivity contribution in [2.75, 3.05) is 26.8 Å². The molecule has 0 spiro atoms. The molecule has 16 heavy (non-hydrogen) atoms. The Morgan fingerprint density at radius 2 is 1.88 bits per heavy atom. The van der Waals surface area contributed by atoms with Crippen molar-refractivity contribution in [3.63, 3.8) is 0 Å². The quantitative estimate of drug-likeness (QED) is 0.711. The van der Waals surface area contributed by atoms with E-state index < -0.39 is 0 Å². The van der Waals surface area contributed by atoms with Crippen molar-refractivity contribution in [1.82, 2.24) is 4.90 Å². The molecule has 0 radical (unpaired) electrons. The number of para-hydroxylation sites is 2. The first-order valence-electron chi connectivity index (χ1n) is 5.55. The minimum atomic E-state index is -0.248. The van der Waals surface area contributed by atoms with E-state index in [1.165, 1.54) is 0 Å². The van der Waals surface area contributed by atoms with E-state index in [0.29, 0.717) is 6.61 Å². The molecule has 1 saturated heterocycles. The molecule has 0 bridgehead atoms. The fourth-order valence-corrected chi connectivity index (χ4v) is 2.07. The third kappa shape index (κ3) is 1.64. The fraction of sp³-hybridized carbons (Fsp3) is 0.500. The molecule has 0 amide bonds. The van der Waals surface area contributed by atoms with Gasteiger partial charge in [-0.1, -0.05) is 12.1 Å². The van der Waals surface area contributed by atoms with Crippen LogP contribution in [0.1, 0.15) is 0 Å². The Morgan fingerprint density at radius 3 is 2.50 bits per heavy atom. The molecular weight excluding hydrogens is 206 g/mol. The summed E-state index contributed by atoms with van der Waals surface area (Å²) < 4.78 is 17.0. The predicted molar refractivity (Wildman–Crippen MR) is 58.7 cm³/mol. The number of nitrogens with zero attached hydrogens (tertiary/aromatic N) is 1. The van der Waals surface area contributed by atoms with E-state index >= 15 is 0 Å². The van der Waals surface area contributed by atoms with Crippen molar-refractivity contribution in [2.24, 2.45) is 0 Å². The van der Waals surface area contributed by atoms with Crippen LogP contribution in [0.5, 0.6) is 11.5 Å². The summed E-state index contributed by atoms with van der Waals surface area (Å²) in [5.74, 6) is 1.65. The predicted octanol–water partition coefficient (Wildman–Crippen LogP) is 1.11. The van der Waals surface area contributed by atoms with Gasteiger partial charge in [-0.05, 0) is 19.2 Å². The normalized spacial score (nSPS) is 25.9. The molecule has 2 aliphatic heterocycles. The van der Waals surface area contributed by atoms with Gasteiger partial charge in [0.2, 0.25) is 0 Å². The van der Waals surface area contributed by atoms with Crippen molar-refractivity contribution in [3.8, 4) is 11.5 Å². The van der Waals surface area contributed by atoms with Crippen molar-refractivity contribution < 1.29 is 14.2 Å². The zero-order valence-corrected chi connectivity index (χ0v) is 9.26. The third-order valence-corrected chi connectivity index (χ3v) is 3.09. The van der Waals surface area contributed by atoms with E-state index in [0.717, 1.165) is 24.7 Å². The molecule has 4 heteroatoms. The summed E-state index contributed by atoms with van der Waals surface area (Å²) in [5.41, 5.74) is 0. The number of morpholine rings is 1. The van der Waals surface area contributed by atoms with Crippen LogP contribution in [0.25, 0.3) is 0 Å². The number of ether oxygens (including phenoxy) is 3. The highest BCUT2D eigenvalue weighted by Crippen LogP contribution is 2.35. The average Bonchev–Trinajstić information content (AvgIpc) is 2.73. The first-order chi connectivity index (χ1) is 7.84. The van der Waals surface area contributed by atoms with Gasteiger partial charge in [0.05, 0.1) is 13.2 Å². The average molecular weight is 221 g/mol. The standard InChI is InChI=1S/C12H15NO3/c1-13-6-7-14-8-9(13)12-15-10-4-2-3-5-11(10)16-12/h2-5,9,12H,6-8H2,1H3. The van der Waals surface area contributed by atoms with Crippen LogP contribution >= 0.6 is 0 Å². The maximum Gasteiger partial charge on any atom is 0.259 e. The van der Waals surface area contributed by atoms with Crippen molar-refractivity contribution >= 4 is 0 Å². The Labute approximate surface area is 94.7 Å². The van der Waals surface area contributed by atoms with Crippen LogP contribution in [0, 0.1) is 0 Å². The highest BCUT2D eigenvalue weighted by Gasteiger charge is 2.36. The summed E-state index contributed by atoms with van der Waals surface area (Å²) >= 11 is 0. The van der Waals surface area contributed by atoms with Crippen LogP contribution in [0.15, 0.2) is 24.3 Å². The molecule has 2 aliphatic rings. The largest absolute Gasteiger partial charge is 0.449 e. The minimum Gasteiger partial charge on any atom is -0.449 e. The van der Waals surface area contributed by atoms with E-state index in [1.807, 2.05) is 24.3 Å². The Kier molecular flexibility index (Phi) is 2.46. The monoisotopic (exact) mass is 221 g/mol. The van der Waals surface area contributed by atoms with Crippen LogP contribution in [0.4, 0.5) is 0 Å². The lowest BCUT2D eigenvalue weighted by Gasteiger charge is -2.34. The van der Waals surface area contributed by atoms with Gasteiger partial charge in [-0.3, -0.25) is 4.90 Å². The lowest BCUT2D eigenvalue weighted by atomic mass is 10.2. The van der Waals surface area contributed by atoms with Gasteiger partial charge >= 0.3 is 0 Å². The molecule has 1 aromatic carbocycles. The van der Waals surface area contributed by atoms with Gasteiger partial charge in [0.1, 0.15) is 6.04 Å². The number of rotatable bonds is 1. The highest BCUT2D eigenvalue weighted by molar-refractivity contribution is 5.42. The molecule has 1 aromatic rings. The summed E-state index contributed by atoms with van der Waals surface area (Å²) in [6, 6.07) is 7.93. The molecule has 0 saturated carbocycles. The second-order valence-electron chi connectivity index (χ2n) is 4.17. The van der Waals surface area contributed by atoms with Crippen molar-refractivity contribution in [3.05, 3.63) is 24.3 Å². The van der Waals surface area contributed by atoms with Gasteiger partial charge < -0.3 is 14.2 Å². The Morgan fingerprint density at radius 1 is 1.19 bits per heavy atom. The molecule has 2 heterocycles. The summed E-state index contributed by atoms with van der Waals surface area (Å²) in [4.78, 5) is 2.22. The maximum atomic E-state index is 5.77. The van der Waals surface area contributed by atoms with Gasteiger partial charge in [-0.15, -0.1) is 0 Å². The Hall–Kier alpha value is -1.26. The molecule has 3 rings (SSSR count). The van der Waals surface area contributed by atoms with Crippen LogP contribution in [-0.4, -0.2) is 44.0 Å². The Bertz CT molecular complexity index is 357. The van der Waals surface area contributed by atoms with Gasteiger partial charge in [0, 0.05) is 6.54 Å². The summed E-state index contributed by atoms with van der Waals surface area (Å²) in [7, 11) is 2.07. The molecule has 1 fully saturated rings. The topological polar surface area (TPSA) is 30.9 Å². The van der Waals surface area contributed by atoms with Crippen LogP contribution in [-0.2, 0) is 4.74 Å². The molecule has 0 aliphatic carbocycles. The summed E-state index contributed by atoms with van der Waals surface area (Å²) in [6.45, 7) is 2.37. The van der Waals surface area contributed by atoms with Gasteiger partial charge in [-0.25, -0.2) is 0 Å². The first kappa shape index (κ1) is 9.93. The van der Waals surface area contributed by atoms with Crippen LogP contribution < -0.4 is 9.47 Å². The highest BCUT2D eigenvalue weighted by atomic mass is 16.7. The number of hydrogen-bond acceptors (Lipinski definition) is 4. The lowest BCUT2D eigenvalue weighted by Crippen LogP contribution is -2.52. The smallest absolute Gasteiger partial charge is 0.259 e. The number of fused-ring (bicyclic) bond motifs is 1. The van der Waals surface area contributed by atoms with Gasteiger partial charge in [0.25, 0.3) is 6.29 Å². The fourth-order valence-electron chi connectivity index (χ4n) is 2.07. The molecule has 1 atom stereocenters. The first-order valence-corrected chi connectivity index (χ1v) is 5.55. The molecule has 0 aromatic heterocycles. The van der Waals surface area contributed by atoms with Crippen molar-refractivity contribution in [2.45, 2.75) is 12.3 Å². The van der Waals surface area contributed by atoms with Crippen LogP contribution in [0.2, 0.25) is 0 Å². The van der Waals surface area contributed by atoms with E-state index in [-0.39, 0.29) is 12.3 Å². The summed E-state index contributed by atoms with van der Waals surface area (Å²) in [5, 5.41) is 0. The van der Waals surface area contributed by atoms with Crippen LogP contribution in [0.3, 0.4) is 0 Å². The molecule has 1 unspecified atom stereocenters. The Balaban J connectivity index is 1.75.